The Bertz CT molecular complexity index is 1780. The maximum absolute atomic E-state index is 11.8. The molecule has 0 bridgehead atoms. The molecular weight excluding hydrogens is 570 g/mol. The average molecular weight is 604 g/mol. The molecule has 0 aromatic heterocycles. The molecule has 41 heavy (non-hydrogen) atoms. The van der Waals surface area contributed by atoms with Gasteiger partial charge in [-0.25, -0.2) is 5.14 Å². The lowest BCUT2D eigenvalue weighted by Gasteiger charge is -2.50. The number of oxime groups is 1. The summed E-state index contributed by atoms with van der Waals surface area (Å²) in [6.07, 6.45) is 3.04. The number of rotatable bonds is 7. The lowest BCUT2D eigenvalue weighted by Crippen LogP contribution is -2.46. The van der Waals surface area contributed by atoms with E-state index in [9.17, 15) is 21.4 Å². The fourth-order valence-corrected chi connectivity index (χ4v) is 8.62. The van der Waals surface area contributed by atoms with Crippen LogP contribution in [0.2, 0.25) is 0 Å². The first-order chi connectivity index (χ1) is 19.3. The van der Waals surface area contributed by atoms with Gasteiger partial charge in [0.1, 0.15) is 13.3 Å². The third-order valence-corrected chi connectivity index (χ3v) is 10.3. The van der Waals surface area contributed by atoms with Crippen molar-refractivity contribution in [2.45, 2.75) is 64.6 Å². The average Bonchev–Trinajstić information content (AvgIpc) is 3.47. The van der Waals surface area contributed by atoms with Gasteiger partial charge in [-0.1, -0.05) is 24.2 Å². The number of benzene rings is 2. The van der Waals surface area contributed by atoms with Gasteiger partial charge in [0, 0.05) is 5.56 Å². The molecule has 0 radical (unpaired) electrons. The molecule has 220 valence electrons. The molecule has 2 aromatic carbocycles. The Morgan fingerprint density at radius 3 is 2.66 bits per heavy atom. The maximum Gasteiger partial charge on any atom is 0.357 e. The molecule has 0 amide bonds. The molecule has 4 aliphatic rings. The van der Waals surface area contributed by atoms with E-state index in [-0.39, 0.29) is 35.5 Å². The van der Waals surface area contributed by atoms with Crippen LogP contribution < -0.4 is 20.6 Å². The Labute approximate surface area is 238 Å². The van der Waals surface area contributed by atoms with Crippen molar-refractivity contribution in [3.05, 3.63) is 63.3 Å². The predicted octanol–water partition coefficient (Wildman–Crippen LogP) is 2.24. The van der Waals surface area contributed by atoms with Crippen LogP contribution in [0, 0.1) is 24.2 Å². The van der Waals surface area contributed by atoms with Crippen LogP contribution in [-0.2, 0) is 36.2 Å². The van der Waals surface area contributed by atoms with Gasteiger partial charge in [0.05, 0.1) is 28.2 Å². The van der Waals surface area contributed by atoms with E-state index in [2.05, 4.69) is 26.8 Å². The van der Waals surface area contributed by atoms with E-state index in [0.717, 1.165) is 46.7 Å². The summed E-state index contributed by atoms with van der Waals surface area (Å²) in [4.78, 5) is 14.5. The van der Waals surface area contributed by atoms with Crippen LogP contribution in [-0.4, -0.2) is 39.9 Å². The van der Waals surface area contributed by atoms with Gasteiger partial charge in [-0.2, -0.15) is 16.8 Å². The molecule has 14 heteroatoms. The zero-order valence-corrected chi connectivity index (χ0v) is 24.4. The third kappa shape index (κ3) is 5.50. The lowest BCUT2D eigenvalue weighted by molar-refractivity contribution is -0.00261. The summed E-state index contributed by atoms with van der Waals surface area (Å²) < 4.78 is 63.9. The second-order valence-electron chi connectivity index (χ2n) is 11.7. The summed E-state index contributed by atoms with van der Waals surface area (Å²) in [6.45, 7) is 4.51. The monoisotopic (exact) mass is 603 g/mol. The van der Waals surface area contributed by atoms with Crippen LogP contribution in [0.5, 0.6) is 0 Å². The van der Waals surface area contributed by atoms with E-state index in [1.54, 1.807) is 13.0 Å². The Morgan fingerprint density at radius 2 is 1.90 bits per heavy atom. The van der Waals surface area contributed by atoms with Crippen molar-refractivity contribution in [1.82, 2.24) is 0 Å². The molecule has 0 saturated heterocycles. The number of anilines is 1. The van der Waals surface area contributed by atoms with Crippen LogP contribution in [0.4, 0.5) is 5.69 Å². The topological polar surface area (TPSA) is 182 Å². The van der Waals surface area contributed by atoms with Crippen molar-refractivity contribution in [1.29, 1.82) is 0 Å². The van der Waals surface area contributed by atoms with E-state index in [0.29, 0.717) is 30.8 Å². The Morgan fingerprint density at radius 1 is 1.12 bits per heavy atom. The number of nitrogens with zero attached hydrogens (tertiary/aromatic N) is 3. The van der Waals surface area contributed by atoms with Crippen LogP contribution in [0.25, 0.3) is 0 Å². The number of hydrogen-bond donors (Lipinski definition) is 3. The number of nitrogens with two attached hydrogens (primary N) is 1. The van der Waals surface area contributed by atoms with E-state index in [1.807, 2.05) is 24.3 Å². The molecule has 1 heterocycles. The largest absolute Gasteiger partial charge is 0.391 e. The van der Waals surface area contributed by atoms with Gasteiger partial charge in [-0.05, 0) is 97.1 Å². The minimum absolute atomic E-state index is 0.151. The summed E-state index contributed by atoms with van der Waals surface area (Å²) in [6, 6.07) is 9.41. The van der Waals surface area contributed by atoms with Gasteiger partial charge in [0.2, 0.25) is 0 Å². The molecule has 1 aliphatic heterocycles. The van der Waals surface area contributed by atoms with Crippen molar-refractivity contribution in [3.8, 4) is 0 Å². The molecule has 2 saturated carbocycles. The van der Waals surface area contributed by atoms with Crippen molar-refractivity contribution < 1.29 is 30.4 Å². The SMILES string of the molecule is Cc1cc2c(cc1NS(=O)(=O)O)/C(=N/OCc1ccc3c(c1)=NCN=3)CC1C2CCC2(C)C(OS(N)(=O)=O)CCC12. The van der Waals surface area contributed by atoms with E-state index in [4.69, 9.17) is 14.2 Å². The van der Waals surface area contributed by atoms with E-state index >= 15 is 0 Å². The molecule has 3 aliphatic carbocycles. The van der Waals surface area contributed by atoms with Crippen molar-refractivity contribution in [3.63, 3.8) is 0 Å². The minimum Gasteiger partial charge on any atom is -0.391 e. The van der Waals surface area contributed by atoms with Gasteiger partial charge in [0.25, 0.3) is 0 Å². The van der Waals surface area contributed by atoms with E-state index in [1.165, 1.54) is 0 Å². The first kappa shape index (κ1) is 28.2. The first-order valence-corrected chi connectivity index (χ1v) is 16.5. The molecule has 2 fully saturated rings. The summed E-state index contributed by atoms with van der Waals surface area (Å²) in [5, 5.41) is 11.5. The van der Waals surface area contributed by atoms with Crippen LogP contribution >= 0.6 is 0 Å². The smallest absolute Gasteiger partial charge is 0.357 e. The molecule has 5 atom stereocenters. The summed E-state index contributed by atoms with van der Waals surface area (Å²) in [5.41, 5.74) is 3.94. The quantitative estimate of drug-likeness (QED) is 0.320. The fraction of sp³-hybridized carbons (Fsp3) is 0.519. The minimum atomic E-state index is -4.48. The Hall–Kier alpha value is -2.91. The molecule has 12 nitrogen and oxygen atoms in total. The standard InChI is InChI=1S/C27H33N5O7S2/c1-15-9-18-17-7-8-27(2)21(4-6-26(27)39-40(28,33)34)19(17)11-24(20(18)12-23(15)32-41(35,36)37)31-38-13-16-3-5-22-25(10-16)30-14-29-22/h3,5,9-10,12,17,19,21,26,32H,4,6-8,11,13-14H2,1-2H3,(H2,28,33,34)(H,35,36,37)/b31-24+. The van der Waals surface area contributed by atoms with Gasteiger partial charge >= 0.3 is 20.6 Å². The van der Waals surface area contributed by atoms with Crippen molar-refractivity contribution >= 4 is 32.0 Å². The second-order valence-corrected chi connectivity index (χ2v) is 14.0. The predicted molar refractivity (Wildman–Crippen MR) is 150 cm³/mol. The van der Waals surface area contributed by atoms with Gasteiger partial charge < -0.3 is 4.84 Å². The van der Waals surface area contributed by atoms with Crippen molar-refractivity contribution in [2.75, 3.05) is 11.4 Å². The zero-order valence-electron chi connectivity index (χ0n) is 22.8. The Kier molecular flexibility index (Phi) is 6.97. The molecule has 2 aromatic rings. The van der Waals surface area contributed by atoms with Crippen LogP contribution in [0.15, 0.2) is 45.5 Å². The fourth-order valence-electron chi connectivity index (χ4n) is 7.48. The van der Waals surface area contributed by atoms with Crippen LogP contribution in [0.3, 0.4) is 0 Å². The number of hydrogen-bond acceptors (Lipinski definition) is 9. The molecule has 4 N–H and O–H groups in total. The third-order valence-electron chi connectivity index (χ3n) is 9.30. The maximum atomic E-state index is 11.8. The van der Waals surface area contributed by atoms with Gasteiger partial charge in [-0.15, -0.1) is 0 Å². The highest BCUT2D eigenvalue weighted by molar-refractivity contribution is 7.87. The molecule has 5 unspecified atom stereocenters. The molecule has 6 rings (SSSR count). The van der Waals surface area contributed by atoms with Gasteiger partial charge in [-0.3, -0.25) is 23.4 Å². The number of fused-ring (bicyclic) bond motifs is 6. The van der Waals surface area contributed by atoms with Gasteiger partial charge in [0.15, 0.2) is 0 Å². The van der Waals surface area contributed by atoms with Crippen molar-refractivity contribution in [2.24, 2.45) is 37.5 Å². The lowest BCUT2D eigenvalue weighted by atomic mass is 9.55. The highest BCUT2D eigenvalue weighted by atomic mass is 32.2. The highest BCUT2D eigenvalue weighted by Crippen LogP contribution is 2.62. The normalized spacial score (nSPS) is 29.5. The number of nitrogens with one attached hydrogen (secondary N) is 1. The molecular formula is C27H33N5O7S2. The number of aryl methyl sites for hydroxylation is 1. The molecule has 0 spiro atoms. The summed E-state index contributed by atoms with van der Waals surface area (Å²) in [5.74, 6) is 0.484. The second kappa shape index (κ2) is 10.1. The highest BCUT2D eigenvalue weighted by Gasteiger charge is 2.57. The summed E-state index contributed by atoms with van der Waals surface area (Å²) in [7, 11) is -8.56. The van der Waals surface area contributed by atoms with E-state index < -0.39 is 26.7 Å². The van der Waals surface area contributed by atoms with Crippen LogP contribution in [0.1, 0.15) is 67.2 Å². The Balaban J connectivity index is 1.35. The zero-order chi connectivity index (χ0) is 29.2. The summed E-state index contributed by atoms with van der Waals surface area (Å²) >= 11 is 0. The first-order valence-electron chi connectivity index (χ1n) is 13.6.